The van der Waals surface area contributed by atoms with Gasteiger partial charge in [-0.2, -0.15) is 0 Å². The highest BCUT2D eigenvalue weighted by Gasteiger charge is 2.07. The predicted molar refractivity (Wildman–Crippen MR) is 109 cm³/mol. The molecule has 0 saturated heterocycles. The van der Waals surface area contributed by atoms with Crippen molar-refractivity contribution in [1.29, 1.82) is 0 Å². The lowest BCUT2D eigenvalue weighted by Gasteiger charge is -2.14. The smallest absolute Gasteiger partial charge is 0.161 e. The van der Waals surface area contributed by atoms with Gasteiger partial charge in [0.15, 0.2) is 11.5 Å². The summed E-state index contributed by atoms with van der Waals surface area (Å²) in [6.07, 6.45) is 10.5. The molecule has 1 N–H and O–H groups in total. The molecule has 0 unspecified atom stereocenters. The number of rotatable bonds is 9. The summed E-state index contributed by atoms with van der Waals surface area (Å²) in [5.41, 5.74) is 3.75. The van der Waals surface area contributed by atoms with Crippen LogP contribution in [0.2, 0.25) is 5.15 Å². The van der Waals surface area contributed by atoms with Gasteiger partial charge < -0.3 is 14.8 Å². The topological polar surface area (TPSA) is 43.4 Å². The Balaban J connectivity index is 1.49. The monoisotopic (exact) mass is 386 g/mol. The average Bonchev–Trinajstić information content (AvgIpc) is 2.72. The van der Waals surface area contributed by atoms with Crippen molar-refractivity contribution in [2.75, 3.05) is 13.7 Å². The third-order valence-electron chi connectivity index (χ3n) is 4.75. The first-order chi connectivity index (χ1) is 13.2. The van der Waals surface area contributed by atoms with E-state index in [2.05, 4.69) is 22.4 Å². The van der Waals surface area contributed by atoms with Gasteiger partial charge in [0.05, 0.1) is 7.11 Å². The number of pyridine rings is 1. The van der Waals surface area contributed by atoms with E-state index >= 15 is 0 Å². The van der Waals surface area contributed by atoms with E-state index in [0.717, 1.165) is 36.6 Å². The van der Waals surface area contributed by atoms with E-state index in [1.807, 2.05) is 18.2 Å². The summed E-state index contributed by atoms with van der Waals surface area (Å²) in [4.78, 5) is 4.07. The fraction of sp³-hybridized carbons (Fsp3) is 0.409. The largest absolute Gasteiger partial charge is 0.493 e. The quantitative estimate of drug-likeness (QED) is 0.360. The first kappa shape index (κ1) is 19.7. The summed E-state index contributed by atoms with van der Waals surface area (Å²) in [7, 11) is 1.67. The standard InChI is InChI=1S/C22H27ClN2O2/c1-26-21-13-18(14-24-12-11-17-5-3-2-4-6-17)7-9-20(21)27-16-19-8-10-22(23)25-15-19/h5,7-10,13,15,24H,2-4,6,11-12,14,16H2,1H3. The maximum absolute atomic E-state index is 5.88. The van der Waals surface area contributed by atoms with Crippen LogP contribution in [-0.2, 0) is 13.2 Å². The minimum absolute atomic E-state index is 0.424. The lowest BCUT2D eigenvalue weighted by atomic mass is 9.97. The van der Waals surface area contributed by atoms with Crippen LogP contribution in [0.4, 0.5) is 0 Å². The zero-order valence-corrected chi connectivity index (χ0v) is 16.6. The second-order valence-electron chi connectivity index (χ2n) is 6.80. The van der Waals surface area contributed by atoms with Crippen molar-refractivity contribution < 1.29 is 9.47 Å². The summed E-state index contributed by atoms with van der Waals surface area (Å²) in [6.45, 7) is 2.26. The maximum atomic E-state index is 5.88. The molecule has 27 heavy (non-hydrogen) atoms. The second kappa shape index (κ2) is 10.3. The van der Waals surface area contributed by atoms with Gasteiger partial charge in [-0.3, -0.25) is 0 Å². The molecular formula is C22H27ClN2O2. The molecule has 1 aliphatic carbocycles. The van der Waals surface area contributed by atoms with E-state index in [0.29, 0.717) is 11.8 Å². The van der Waals surface area contributed by atoms with Gasteiger partial charge in [-0.15, -0.1) is 0 Å². The Hall–Kier alpha value is -2.04. The minimum Gasteiger partial charge on any atom is -0.493 e. The zero-order chi connectivity index (χ0) is 18.9. The fourth-order valence-corrected chi connectivity index (χ4v) is 3.32. The third kappa shape index (κ3) is 6.26. The average molecular weight is 387 g/mol. The highest BCUT2D eigenvalue weighted by molar-refractivity contribution is 6.29. The first-order valence-corrected chi connectivity index (χ1v) is 9.91. The number of methoxy groups -OCH3 is 1. The number of benzene rings is 1. The summed E-state index contributed by atoms with van der Waals surface area (Å²) >= 11 is 5.81. The molecule has 3 rings (SSSR count). The third-order valence-corrected chi connectivity index (χ3v) is 4.97. The second-order valence-corrected chi connectivity index (χ2v) is 7.19. The van der Waals surface area contributed by atoms with E-state index in [-0.39, 0.29) is 0 Å². The van der Waals surface area contributed by atoms with Crippen LogP contribution in [0.1, 0.15) is 43.2 Å². The van der Waals surface area contributed by atoms with Crippen LogP contribution in [0.15, 0.2) is 48.2 Å². The van der Waals surface area contributed by atoms with Crippen LogP contribution in [-0.4, -0.2) is 18.6 Å². The van der Waals surface area contributed by atoms with Crippen molar-refractivity contribution in [2.24, 2.45) is 0 Å². The Kier molecular flexibility index (Phi) is 7.55. The lowest BCUT2D eigenvalue weighted by Crippen LogP contribution is -2.15. The predicted octanol–water partition coefficient (Wildman–Crippen LogP) is 5.30. The highest BCUT2D eigenvalue weighted by atomic mass is 35.5. The number of nitrogens with zero attached hydrogens (tertiary/aromatic N) is 1. The molecule has 144 valence electrons. The lowest BCUT2D eigenvalue weighted by molar-refractivity contribution is 0.284. The van der Waals surface area contributed by atoms with Gasteiger partial charge in [-0.05, 0) is 62.4 Å². The summed E-state index contributed by atoms with van der Waals surface area (Å²) in [5, 5.41) is 4.00. The summed E-state index contributed by atoms with van der Waals surface area (Å²) < 4.78 is 11.4. The highest BCUT2D eigenvalue weighted by Crippen LogP contribution is 2.29. The number of allylic oxidation sites excluding steroid dienone is 1. The molecule has 4 nitrogen and oxygen atoms in total. The van der Waals surface area contributed by atoms with Gasteiger partial charge in [0.1, 0.15) is 11.8 Å². The number of halogens is 1. The zero-order valence-electron chi connectivity index (χ0n) is 15.8. The summed E-state index contributed by atoms with van der Waals surface area (Å²) in [6, 6.07) is 9.73. The van der Waals surface area contributed by atoms with E-state index in [9.17, 15) is 0 Å². The van der Waals surface area contributed by atoms with Crippen molar-refractivity contribution >= 4 is 11.6 Å². The molecule has 0 fully saturated rings. The van der Waals surface area contributed by atoms with Crippen molar-refractivity contribution in [3.8, 4) is 11.5 Å². The van der Waals surface area contributed by atoms with E-state index < -0.39 is 0 Å². The van der Waals surface area contributed by atoms with Crippen LogP contribution in [0.25, 0.3) is 0 Å². The number of nitrogens with one attached hydrogen (secondary N) is 1. The molecule has 0 spiro atoms. The molecule has 0 amide bonds. The van der Waals surface area contributed by atoms with Gasteiger partial charge in [-0.1, -0.05) is 35.4 Å². The molecule has 0 radical (unpaired) electrons. The van der Waals surface area contributed by atoms with Crippen LogP contribution in [0, 0.1) is 0 Å². The van der Waals surface area contributed by atoms with Gasteiger partial charge >= 0.3 is 0 Å². The van der Waals surface area contributed by atoms with Crippen molar-refractivity contribution in [3.05, 3.63) is 64.5 Å². The van der Waals surface area contributed by atoms with Gasteiger partial charge in [-0.25, -0.2) is 4.98 Å². The van der Waals surface area contributed by atoms with Crippen molar-refractivity contribution in [3.63, 3.8) is 0 Å². The Labute approximate surface area is 166 Å². The number of hydrogen-bond donors (Lipinski definition) is 1. The van der Waals surface area contributed by atoms with Crippen LogP contribution in [0.3, 0.4) is 0 Å². The van der Waals surface area contributed by atoms with Crippen molar-refractivity contribution in [1.82, 2.24) is 10.3 Å². The molecule has 1 aliphatic rings. The Morgan fingerprint density at radius 1 is 1.11 bits per heavy atom. The van der Waals surface area contributed by atoms with Crippen molar-refractivity contribution in [2.45, 2.75) is 45.3 Å². The fourth-order valence-electron chi connectivity index (χ4n) is 3.21. The first-order valence-electron chi connectivity index (χ1n) is 9.53. The molecule has 1 aromatic heterocycles. The van der Waals surface area contributed by atoms with Crippen LogP contribution >= 0.6 is 11.6 Å². The van der Waals surface area contributed by atoms with Crippen LogP contribution < -0.4 is 14.8 Å². The summed E-state index contributed by atoms with van der Waals surface area (Å²) in [5.74, 6) is 1.47. The molecule has 1 heterocycles. The minimum atomic E-state index is 0.424. The van der Waals surface area contributed by atoms with Gasteiger partial charge in [0.25, 0.3) is 0 Å². The normalized spacial score (nSPS) is 13.9. The number of ether oxygens (including phenoxy) is 2. The number of aromatic nitrogens is 1. The molecule has 0 atom stereocenters. The van der Waals surface area contributed by atoms with E-state index in [1.54, 1.807) is 24.9 Å². The van der Waals surface area contributed by atoms with E-state index in [1.165, 1.54) is 31.2 Å². The Bertz CT molecular complexity index is 759. The maximum Gasteiger partial charge on any atom is 0.161 e. The molecule has 5 heteroatoms. The SMILES string of the molecule is COc1cc(CNCCC2=CCCCC2)ccc1OCc1ccc(Cl)nc1. The van der Waals surface area contributed by atoms with Gasteiger partial charge in [0.2, 0.25) is 0 Å². The Morgan fingerprint density at radius 2 is 2.00 bits per heavy atom. The molecule has 0 aliphatic heterocycles. The van der Waals surface area contributed by atoms with Crippen LogP contribution in [0.5, 0.6) is 11.5 Å². The molecule has 2 aromatic rings. The van der Waals surface area contributed by atoms with E-state index in [4.69, 9.17) is 21.1 Å². The molecule has 0 bridgehead atoms. The molecule has 0 saturated carbocycles. The molecule has 1 aromatic carbocycles. The molecular weight excluding hydrogens is 360 g/mol. The Morgan fingerprint density at radius 3 is 2.74 bits per heavy atom. The van der Waals surface area contributed by atoms with Gasteiger partial charge in [0, 0.05) is 18.3 Å². The number of hydrogen-bond acceptors (Lipinski definition) is 4.